The molecule has 160 valence electrons. The Morgan fingerprint density at radius 1 is 0.781 bits per heavy atom. The molecule has 0 saturated heterocycles. The number of rotatable bonds is 6. The number of para-hydroxylation sites is 1. The fraction of sp³-hybridized carbons (Fsp3) is 0.111. The highest BCUT2D eigenvalue weighted by Crippen LogP contribution is 2.19. The highest BCUT2D eigenvalue weighted by molar-refractivity contribution is 6.07. The molecule has 0 radical (unpaired) electrons. The summed E-state index contributed by atoms with van der Waals surface area (Å²) in [6.45, 7) is 2.65. The first-order chi connectivity index (χ1) is 15.6. The molecule has 0 saturated carbocycles. The molecule has 0 aliphatic rings. The van der Waals surface area contributed by atoms with Crippen LogP contribution in [0.15, 0.2) is 97.1 Å². The van der Waals surface area contributed by atoms with Crippen LogP contribution < -0.4 is 15.5 Å². The van der Waals surface area contributed by atoms with E-state index in [0.717, 1.165) is 27.7 Å². The fourth-order valence-electron chi connectivity index (χ4n) is 3.58. The Morgan fingerprint density at radius 2 is 1.47 bits per heavy atom. The van der Waals surface area contributed by atoms with Crippen LogP contribution in [0.25, 0.3) is 10.8 Å². The third-order valence-corrected chi connectivity index (χ3v) is 5.27. The van der Waals surface area contributed by atoms with Crippen molar-refractivity contribution in [2.24, 2.45) is 0 Å². The smallest absolute Gasteiger partial charge is 0.326 e. The molecule has 0 spiro atoms. The van der Waals surface area contributed by atoms with Crippen molar-refractivity contribution in [1.29, 1.82) is 0 Å². The molecule has 3 amide bonds. The number of hydrogen-bond donors (Lipinski definition) is 2. The lowest BCUT2D eigenvalue weighted by Crippen LogP contribution is -2.41. The maximum Gasteiger partial charge on any atom is 0.326 e. The van der Waals surface area contributed by atoms with Gasteiger partial charge in [-0.15, -0.1) is 0 Å². The van der Waals surface area contributed by atoms with E-state index in [2.05, 4.69) is 10.6 Å². The zero-order valence-electron chi connectivity index (χ0n) is 17.9. The van der Waals surface area contributed by atoms with Gasteiger partial charge in [-0.1, -0.05) is 72.3 Å². The van der Waals surface area contributed by atoms with E-state index >= 15 is 0 Å². The summed E-state index contributed by atoms with van der Waals surface area (Å²) < 4.78 is 0. The van der Waals surface area contributed by atoms with Crippen LogP contribution in [0.4, 0.5) is 16.2 Å². The quantitative estimate of drug-likeness (QED) is 0.423. The standard InChI is InChI=1S/C27H25N3O2/c1-20-14-16-22(17-15-20)29-27(32)30(23-10-3-2-4-11-23)19-18-28-26(31)25-13-7-9-21-8-5-6-12-24(21)25/h2-17H,18-19H2,1H3,(H,28,31)(H,29,32). The molecule has 0 bridgehead atoms. The van der Waals surface area contributed by atoms with Crippen molar-refractivity contribution in [2.75, 3.05) is 23.3 Å². The second kappa shape index (κ2) is 9.79. The molecule has 2 N–H and O–H groups in total. The van der Waals surface area contributed by atoms with Crippen LogP contribution >= 0.6 is 0 Å². The first-order valence-corrected chi connectivity index (χ1v) is 10.6. The minimum Gasteiger partial charge on any atom is -0.350 e. The number of aryl methyl sites for hydroxylation is 1. The average molecular weight is 424 g/mol. The third-order valence-electron chi connectivity index (χ3n) is 5.27. The van der Waals surface area contributed by atoms with Crippen LogP contribution in [0.3, 0.4) is 0 Å². The SMILES string of the molecule is Cc1ccc(NC(=O)N(CCNC(=O)c2cccc3ccccc23)c2ccccc2)cc1. The molecule has 0 aromatic heterocycles. The lowest BCUT2D eigenvalue weighted by Gasteiger charge is -2.23. The summed E-state index contributed by atoms with van der Waals surface area (Å²) in [5, 5.41) is 7.82. The summed E-state index contributed by atoms with van der Waals surface area (Å²) in [6, 6.07) is 30.3. The molecule has 0 heterocycles. The number of benzene rings is 4. The molecule has 5 heteroatoms. The first kappa shape index (κ1) is 21.1. The average Bonchev–Trinajstić information content (AvgIpc) is 2.83. The Hall–Kier alpha value is -4.12. The number of urea groups is 1. The van der Waals surface area contributed by atoms with Crippen LogP contribution in [-0.4, -0.2) is 25.0 Å². The van der Waals surface area contributed by atoms with Gasteiger partial charge in [0.2, 0.25) is 0 Å². The van der Waals surface area contributed by atoms with Crippen molar-refractivity contribution in [3.8, 4) is 0 Å². The number of carbonyl (C=O) groups excluding carboxylic acids is 2. The zero-order chi connectivity index (χ0) is 22.3. The molecular formula is C27H25N3O2. The van der Waals surface area contributed by atoms with Crippen LogP contribution in [0, 0.1) is 6.92 Å². The van der Waals surface area contributed by atoms with Crippen molar-refractivity contribution in [3.63, 3.8) is 0 Å². The van der Waals surface area contributed by atoms with E-state index in [9.17, 15) is 9.59 Å². The summed E-state index contributed by atoms with van der Waals surface area (Å²) in [7, 11) is 0. The number of fused-ring (bicyclic) bond motifs is 1. The first-order valence-electron chi connectivity index (χ1n) is 10.6. The largest absolute Gasteiger partial charge is 0.350 e. The number of nitrogens with one attached hydrogen (secondary N) is 2. The van der Waals surface area contributed by atoms with Crippen LogP contribution in [-0.2, 0) is 0 Å². The van der Waals surface area contributed by atoms with Crippen molar-refractivity contribution in [1.82, 2.24) is 5.32 Å². The molecule has 0 aliphatic carbocycles. The monoisotopic (exact) mass is 423 g/mol. The summed E-state index contributed by atoms with van der Waals surface area (Å²) in [6.07, 6.45) is 0. The molecule has 32 heavy (non-hydrogen) atoms. The lowest BCUT2D eigenvalue weighted by molar-refractivity contribution is 0.0956. The van der Waals surface area contributed by atoms with Crippen molar-refractivity contribution in [2.45, 2.75) is 6.92 Å². The molecule has 0 fully saturated rings. The van der Waals surface area contributed by atoms with Crippen LogP contribution in [0.5, 0.6) is 0 Å². The predicted molar refractivity (Wildman–Crippen MR) is 130 cm³/mol. The molecular weight excluding hydrogens is 398 g/mol. The van der Waals surface area contributed by atoms with Crippen molar-refractivity contribution >= 4 is 34.1 Å². The molecule has 0 aliphatic heterocycles. The summed E-state index contributed by atoms with van der Waals surface area (Å²) in [5.41, 5.74) is 3.23. The Labute approximate surface area is 187 Å². The highest BCUT2D eigenvalue weighted by atomic mass is 16.2. The number of nitrogens with zero attached hydrogens (tertiary/aromatic N) is 1. The van der Waals surface area contributed by atoms with E-state index < -0.39 is 0 Å². The second-order valence-corrected chi connectivity index (χ2v) is 7.57. The Morgan fingerprint density at radius 3 is 2.25 bits per heavy atom. The van der Waals surface area contributed by atoms with Gasteiger partial charge in [0.15, 0.2) is 0 Å². The third kappa shape index (κ3) is 4.95. The number of hydrogen-bond acceptors (Lipinski definition) is 2. The van der Waals surface area contributed by atoms with Gasteiger partial charge in [0.05, 0.1) is 0 Å². The lowest BCUT2D eigenvalue weighted by atomic mass is 10.0. The molecule has 4 aromatic carbocycles. The Kier molecular flexibility index (Phi) is 6.46. The van der Waals surface area contributed by atoms with E-state index in [0.29, 0.717) is 18.7 Å². The van der Waals surface area contributed by atoms with E-state index in [4.69, 9.17) is 0 Å². The van der Waals surface area contributed by atoms with Crippen LogP contribution in [0.2, 0.25) is 0 Å². The highest BCUT2D eigenvalue weighted by Gasteiger charge is 2.17. The minimum absolute atomic E-state index is 0.159. The maximum absolute atomic E-state index is 13.0. The summed E-state index contributed by atoms with van der Waals surface area (Å²) >= 11 is 0. The van der Waals surface area contributed by atoms with Gasteiger partial charge in [-0.2, -0.15) is 0 Å². The number of anilines is 2. The van der Waals surface area contributed by atoms with Crippen LogP contribution in [0.1, 0.15) is 15.9 Å². The predicted octanol–water partition coefficient (Wildman–Crippen LogP) is 5.62. The maximum atomic E-state index is 13.0. The van der Waals surface area contributed by atoms with Gasteiger partial charge in [-0.05, 0) is 48.0 Å². The molecule has 4 aromatic rings. The van der Waals surface area contributed by atoms with E-state index in [1.54, 1.807) is 4.90 Å². The van der Waals surface area contributed by atoms with Gasteiger partial charge >= 0.3 is 6.03 Å². The molecule has 4 rings (SSSR count). The zero-order valence-corrected chi connectivity index (χ0v) is 17.9. The number of amides is 3. The van der Waals surface area contributed by atoms with E-state index in [1.165, 1.54) is 0 Å². The Bertz CT molecular complexity index is 1220. The minimum atomic E-state index is -0.250. The van der Waals surface area contributed by atoms with Gasteiger partial charge in [0.1, 0.15) is 0 Å². The summed E-state index contributed by atoms with van der Waals surface area (Å²) in [5.74, 6) is -0.159. The summed E-state index contributed by atoms with van der Waals surface area (Å²) in [4.78, 5) is 27.5. The number of carbonyl (C=O) groups is 2. The second-order valence-electron chi connectivity index (χ2n) is 7.57. The van der Waals surface area contributed by atoms with Gasteiger partial charge in [0.25, 0.3) is 5.91 Å². The van der Waals surface area contributed by atoms with Gasteiger partial charge in [0, 0.05) is 30.0 Å². The van der Waals surface area contributed by atoms with Crippen molar-refractivity contribution < 1.29 is 9.59 Å². The normalized spacial score (nSPS) is 10.5. The molecule has 5 nitrogen and oxygen atoms in total. The fourth-order valence-corrected chi connectivity index (χ4v) is 3.58. The van der Waals surface area contributed by atoms with Gasteiger partial charge in [-0.3, -0.25) is 9.69 Å². The van der Waals surface area contributed by atoms with E-state index in [1.807, 2.05) is 104 Å². The Balaban J connectivity index is 1.46. The van der Waals surface area contributed by atoms with Crippen molar-refractivity contribution in [3.05, 3.63) is 108 Å². The van der Waals surface area contributed by atoms with E-state index in [-0.39, 0.29) is 11.9 Å². The topological polar surface area (TPSA) is 61.4 Å². The van der Waals surface area contributed by atoms with Gasteiger partial charge in [-0.25, -0.2) is 4.79 Å². The van der Waals surface area contributed by atoms with Gasteiger partial charge < -0.3 is 10.6 Å². The molecule has 0 atom stereocenters. The molecule has 0 unspecified atom stereocenters.